The first-order valence-electron chi connectivity index (χ1n) is 9.91. The Morgan fingerprint density at radius 2 is 1.90 bits per heavy atom. The van der Waals surface area contributed by atoms with E-state index in [0.29, 0.717) is 24.8 Å². The van der Waals surface area contributed by atoms with Gasteiger partial charge >= 0.3 is 0 Å². The molecule has 1 aromatic carbocycles. The molecule has 1 fully saturated rings. The van der Waals surface area contributed by atoms with Gasteiger partial charge in [0.05, 0.1) is 25.1 Å². The van der Waals surface area contributed by atoms with Gasteiger partial charge in [-0.25, -0.2) is 4.98 Å². The Kier molecular flexibility index (Phi) is 4.90. The summed E-state index contributed by atoms with van der Waals surface area (Å²) in [7, 11) is 0. The maximum Gasteiger partial charge on any atom is 0.160 e. The van der Waals surface area contributed by atoms with Crippen LogP contribution in [0.3, 0.4) is 0 Å². The van der Waals surface area contributed by atoms with Crippen LogP contribution in [0.5, 0.6) is 0 Å². The van der Waals surface area contributed by atoms with Crippen molar-refractivity contribution in [2.24, 2.45) is 5.10 Å². The monoisotopic (exact) mass is 402 g/mol. The van der Waals surface area contributed by atoms with E-state index in [1.165, 1.54) is 0 Å². The second-order valence-electron chi connectivity index (χ2n) is 7.08. The molecule has 0 saturated carbocycles. The maximum atomic E-state index is 5.52. The van der Waals surface area contributed by atoms with Crippen LogP contribution in [0.4, 0.5) is 11.6 Å². The minimum Gasteiger partial charge on any atom is -0.460 e. The number of benzene rings is 1. The first kappa shape index (κ1) is 18.4. The van der Waals surface area contributed by atoms with Crippen molar-refractivity contribution in [1.82, 2.24) is 14.6 Å². The highest BCUT2D eigenvalue weighted by atomic mass is 16.5. The molecule has 1 aliphatic rings. The molecule has 0 unspecified atom stereocenters. The molecule has 8 nitrogen and oxygen atoms in total. The lowest BCUT2D eigenvalue weighted by atomic mass is 10.2. The van der Waals surface area contributed by atoms with Crippen LogP contribution in [-0.4, -0.2) is 47.1 Å². The molecule has 1 aliphatic heterocycles. The van der Waals surface area contributed by atoms with Crippen molar-refractivity contribution in [3.05, 3.63) is 66.1 Å². The largest absolute Gasteiger partial charge is 0.460 e. The van der Waals surface area contributed by atoms with Crippen LogP contribution < -0.4 is 10.3 Å². The van der Waals surface area contributed by atoms with Crippen molar-refractivity contribution >= 4 is 23.5 Å². The van der Waals surface area contributed by atoms with E-state index in [1.807, 2.05) is 66.0 Å². The number of aryl methyl sites for hydroxylation is 1. The topological polar surface area (TPSA) is 80.2 Å². The first-order chi connectivity index (χ1) is 14.8. The molecule has 5 rings (SSSR count). The van der Waals surface area contributed by atoms with Crippen molar-refractivity contribution < 1.29 is 9.15 Å². The predicted octanol–water partition coefficient (Wildman–Crippen LogP) is 3.58. The summed E-state index contributed by atoms with van der Waals surface area (Å²) in [5.41, 5.74) is 5.71. The molecule has 0 aliphatic carbocycles. The van der Waals surface area contributed by atoms with Gasteiger partial charge in [-0.05, 0) is 19.1 Å². The lowest BCUT2D eigenvalue weighted by Crippen LogP contribution is -2.37. The van der Waals surface area contributed by atoms with Gasteiger partial charge in [-0.1, -0.05) is 30.3 Å². The number of morpholine rings is 1. The van der Waals surface area contributed by atoms with Gasteiger partial charge in [0.2, 0.25) is 0 Å². The number of anilines is 2. The summed E-state index contributed by atoms with van der Waals surface area (Å²) in [6.07, 6.45) is 1.64. The number of nitrogens with one attached hydrogen (secondary N) is 1. The van der Waals surface area contributed by atoms with Crippen molar-refractivity contribution in [3.63, 3.8) is 0 Å². The van der Waals surface area contributed by atoms with Gasteiger partial charge < -0.3 is 14.1 Å². The van der Waals surface area contributed by atoms with Gasteiger partial charge in [0.15, 0.2) is 11.5 Å². The molecule has 0 amide bonds. The normalized spacial score (nSPS) is 14.6. The highest BCUT2D eigenvalue weighted by molar-refractivity contribution is 5.76. The SMILES string of the molecule is Cc1ccc(/C=N/Nc2cc(N3CCOCC3)n3nc(-c4ccccc4)cc3n2)o1. The van der Waals surface area contributed by atoms with Gasteiger partial charge in [0.25, 0.3) is 0 Å². The zero-order valence-electron chi connectivity index (χ0n) is 16.7. The number of ether oxygens (including phenoxy) is 1. The van der Waals surface area contributed by atoms with E-state index >= 15 is 0 Å². The third kappa shape index (κ3) is 3.77. The van der Waals surface area contributed by atoms with Crippen LogP contribution in [0, 0.1) is 6.92 Å². The fourth-order valence-corrected chi connectivity index (χ4v) is 3.47. The molecule has 3 aromatic heterocycles. The zero-order chi connectivity index (χ0) is 20.3. The number of aromatic nitrogens is 3. The second-order valence-corrected chi connectivity index (χ2v) is 7.08. The van der Waals surface area contributed by atoms with E-state index in [1.54, 1.807) is 6.21 Å². The fraction of sp³-hybridized carbons (Fsp3) is 0.227. The summed E-state index contributed by atoms with van der Waals surface area (Å²) in [6.45, 7) is 4.88. The number of furan rings is 1. The van der Waals surface area contributed by atoms with Crippen molar-refractivity contribution in [2.75, 3.05) is 36.6 Å². The molecule has 0 bridgehead atoms. The molecule has 8 heteroatoms. The minimum atomic E-state index is 0.642. The fourth-order valence-electron chi connectivity index (χ4n) is 3.47. The molecular formula is C22H22N6O2. The standard InChI is InChI=1S/C22H22N6O2/c1-16-7-8-18(30-16)15-23-25-20-14-22(27-9-11-29-12-10-27)28-21(24-20)13-19(26-28)17-5-3-2-4-6-17/h2-8,13-15H,9-12H2,1H3,(H,24,25)/b23-15+. The number of hydrogen-bond acceptors (Lipinski definition) is 7. The molecule has 0 spiro atoms. The van der Waals surface area contributed by atoms with Crippen molar-refractivity contribution in [1.29, 1.82) is 0 Å². The van der Waals surface area contributed by atoms with Gasteiger partial charge in [-0.15, -0.1) is 0 Å². The van der Waals surface area contributed by atoms with Crippen LogP contribution in [0.2, 0.25) is 0 Å². The predicted molar refractivity (Wildman–Crippen MR) is 116 cm³/mol. The molecule has 0 atom stereocenters. The molecule has 30 heavy (non-hydrogen) atoms. The molecule has 1 saturated heterocycles. The van der Waals surface area contributed by atoms with E-state index in [4.69, 9.17) is 19.2 Å². The third-order valence-corrected chi connectivity index (χ3v) is 4.95. The highest BCUT2D eigenvalue weighted by Crippen LogP contribution is 2.25. The first-order valence-corrected chi connectivity index (χ1v) is 9.91. The van der Waals surface area contributed by atoms with Gasteiger partial charge in [0, 0.05) is 30.8 Å². The molecule has 4 aromatic rings. The minimum absolute atomic E-state index is 0.642. The lowest BCUT2D eigenvalue weighted by Gasteiger charge is -2.29. The average Bonchev–Trinajstić information content (AvgIpc) is 3.40. The Morgan fingerprint density at radius 3 is 2.67 bits per heavy atom. The summed E-state index contributed by atoms with van der Waals surface area (Å²) in [5, 5.41) is 9.10. The number of rotatable bonds is 5. The zero-order valence-corrected chi connectivity index (χ0v) is 16.7. The summed E-state index contributed by atoms with van der Waals surface area (Å²) in [5.74, 6) is 3.13. The van der Waals surface area contributed by atoms with Crippen LogP contribution in [0.15, 0.2) is 64.1 Å². The number of nitrogens with zero attached hydrogens (tertiary/aromatic N) is 5. The summed E-state index contributed by atoms with van der Waals surface area (Å²) < 4.78 is 12.9. The number of hydrogen-bond donors (Lipinski definition) is 1. The molecule has 1 N–H and O–H groups in total. The Labute approximate surface area is 173 Å². The van der Waals surface area contributed by atoms with Crippen LogP contribution >= 0.6 is 0 Å². The smallest absolute Gasteiger partial charge is 0.160 e. The van der Waals surface area contributed by atoms with Gasteiger partial charge in [-0.2, -0.15) is 14.7 Å². The molecular weight excluding hydrogens is 380 g/mol. The second kappa shape index (κ2) is 8.00. The van der Waals surface area contributed by atoms with Crippen LogP contribution in [-0.2, 0) is 4.74 Å². The van der Waals surface area contributed by atoms with E-state index < -0.39 is 0 Å². The van der Waals surface area contributed by atoms with Gasteiger partial charge in [0.1, 0.15) is 17.3 Å². The molecule has 4 heterocycles. The van der Waals surface area contributed by atoms with Crippen LogP contribution in [0.1, 0.15) is 11.5 Å². The van der Waals surface area contributed by atoms with Crippen molar-refractivity contribution in [2.45, 2.75) is 6.92 Å². The van der Waals surface area contributed by atoms with Gasteiger partial charge in [-0.3, -0.25) is 5.43 Å². The van der Waals surface area contributed by atoms with E-state index in [9.17, 15) is 0 Å². The number of fused-ring (bicyclic) bond motifs is 1. The Balaban J connectivity index is 1.51. The summed E-state index contributed by atoms with van der Waals surface area (Å²) in [6, 6.07) is 17.8. The Hall–Kier alpha value is -3.65. The summed E-state index contributed by atoms with van der Waals surface area (Å²) in [4.78, 5) is 6.96. The third-order valence-electron chi connectivity index (χ3n) is 4.95. The van der Waals surface area contributed by atoms with E-state index in [-0.39, 0.29) is 0 Å². The molecule has 0 radical (unpaired) electrons. The van der Waals surface area contributed by atoms with E-state index in [2.05, 4.69) is 15.4 Å². The average molecular weight is 402 g/mol. The summed E-state index contributed by atoms with van der Waals surface area (Å²) >= 11 is 0. The Bertz CT molecular complexity index is 1180. The maximum absolute atomic E-state index is 5.52. The molecule has 152 valence electrons. The quantitative estimate of drug-likeness (QED) is 0.406. The highest BCUT2D eigenvalue weighted by Gasteiger charge is 2.18. The van der Waals surface area contributed by atoms with Crippen molar-refractivity contribution in [3.8, 4) is 11.3 Å². The van der Waals surface area contributed by atoms with Crippen LogP contribution in [0.25, 0.3) is 16.9 Å². The number of hydrazone groups is 1. The van der Waals surface area contributed by atoms with E-state index in [0.717, 1.165) is 41.6 Å². The lowest BCUT2D eigenvalue weighted by molar-refractivity contribution is 0.122. The Morgan fingerprint density at radius 1 is 1.07 bits per heavy atom.